The standard InChI is InChI=1S/C29H25N5O3S2/c1-19-7-10-22(11-8-19)34-26(14-20-5-3-2-4-6-20)32-33-29(34)39-17-27-31-23(16-38-27)28(35)30-15-21-9-12-24-25(13-21)37-18-36-24/h2-13,16H,14-15,17-18H2,1H3,(H,30,35). The van der Waals surface area contributed by atoms with Crippen LogP contribution in [0.15, 0.2) is 83.3 Å². The van der Waals surface area contributed by atoms with Crippen molar-refractivity contribution in [2.24, 2.45) is 0 Å². The summed E-state index contributed by atoms with van der Waals surface area (Å²) in [4.78, 5) is 17.3. The lowest BCUT2D eigenvalue weighted by Crippen LogP contribution is -2.23. The molecule has 3 heterocycles. The number of thioether (sulfide) groups is 1. The Morgan fingerprint density at radius 1 is 1.00 bits per heavy atom. The number of ether oxygens (including phenoxy) is 2. The Balaban J connectivity index is 1.13. The smallest absolute Gasteiger partial charge is 0.271 e. The van der Waals surface area contributed by atoms with Crippen LogP contribution in [0.3, 0.4) is 0 Å². The highest BCUT2D eigenvalue weighted by Crippen LogP contribution is 2.32. The van der Waals surface area contributed by atoms with E-state index in [-0.39, 0.29) is 12.7 Å². The summed E-state index contributed by atoms with van der Waals surface area (Å²) in [5.41, 5.74) is 4.71. The predicted octanol–water partition coefficient (Wildman–Crippen LogP) is 5.57. The number of carbonyl (C=O) groups excluding carboxylic acids is 1. The number of hydrogen-bond donors (Lipinski definition) is 1. The van der Waals surface area contributed by atoms with E-state index in [1.807, 2.05) is 36.4 Å². The van der Waals surface area contributed by atoms with E-state index in [0.717, 1.165) is 33.0 Å². The Labute approximate surface area is 234 Å². The van der Waals surface area contributed by atoms with E-state index in [4.69, 9.17) is 9.47 Å². The number of hydrogen-bond acceptors (Lipinski definition) is 8. The van der Waals surface area contributed by atoms with Gasteiger partial charge in [0.05, 0.1) is 5.75 Å². The zero-order chi connectivity index (χ0) is 26.6. The number of thiazole rings is 1. The zero-order valence-corrected chi connectivity index (χ0v) is 22.8. The summed E-state index contributed by atoms with van der Waals surface area (Å²) in [5.74, 6) is 2.65. The van der Waals surface area contributed by atoms with E-state index < -0.39 is 0 Å². The molecule has 0 saturated heterocycles. The molecule has 8 nitrogen and oxygen atoms in total. The molecule has 2 aromatic heterocycles. The molecule has 0 bridgehead atoms. The molecule has 1 aliphatic rings. The number of nitrogens with zero attached hydrogens (tertiary/aromatic N) is 4. The van der Waals surface area contributed by atoms with Crippen LogP contribution in [-0.4, -0.2) is 32.4 Å². The van der Waals surface area contributed by atoms with Gasteiger partial charge in [0, 0.05) is 24.0 Å². The number of rotatable bonds is 9. The van der Waals surface area contributed by atoms with Crippen LogP contribution in [0.5, 0.6) is 11.5 Å². The van der Waals surface area contributed by atoms with Gasteiger partial charge in [-0.15, -0.1) is 21.5 Å². The largest absolute Gasteiger partial charge is 0.454 e. The Bertz CT molecular complexity index is 1600. The van der Waals surface area contributed by atoms with Crippen molar-refractivity contribution >= 4 is 29.0 Å². The molecule has 39 heavy (non-hydrogen) atoms. The van der Waals surface area contributed by atoms with Gasteiger partial charge in [-0.3, -0.25) is 9.36 Å². The fourth-order valence-electron chi connectivity index (χ4n) is 4.17. The van der Waals surface area contributed by atoms with E-state index in [0.29, 0.717) is 30.2 Å². The topological polar surface area (TPSA) is 91.2 Å². The van der Waals surface area contributed by atoms with Crippen molar-refractivity contribution in [3.63, 3.8) is 0 Å². The number of aryl methyl sites for hydroxylation is 1. The Hall–Kier alpha value is -4.15. The van der Waals surface area contributed by atoms with Crippen molar-refractivity contribution in [3.8, 4) is 17.2 Å². The van der Waals surface area contributed by atoms with Crippen LogP contribution < -0.4 is 14.8 Å². The maximum absolute atomic E-state index is 12.7. The first-order chi connectivity index (χ1) is 19.1. The molecular formula is C29H25N5O3S2. The molecule has 0 radical (unpaired) electrons. The van der Waals surface area contributed by atoms with E-state index in [2.05, 4.69) is 68.4 Å². The number of carbonyl (C=O) groups is 1. The van der Waals surface area contributed by atoms with Crippen molar-refractivity contribution < 1.29 is 14.3 Å². The van der Waals surface area contributed by atoms with Gasteiger partial charge < -0.3 is 14.8 Å². The summed E-state index contributed by atoms with van der Waals surface area (Å²) >= 11 is 3.02. The van der Waals surface area contributed by atoms with Gasteiger partial charge in [-0.1, -0.05) is 65.9 Å². The van der Waals surface area contributed by atoms with Crippen molar-refractivity contribution in [1.29, 1.82) is 0 Å². The second-order valence-corrected chi connectivity index (χ2v) is 10.9. The molecule has 0 saturated carbocycles. The summed E-state index contributed by atoms with van der Waals surface area (Å²) in [6.45, 7) is 2.67. The molecule has 0 spiro atoms. The molecule has 196 valence electrons. The van der Waals surface area contributed by atoms with Crippen LogP contribution in [0, 0.1) is 6.92 Å². The SMILES string of the molecule is Cc1ccc(-n2c(Cc3ccccc3)nnc2SCc2nc(C(=O)NCc3ccc4c(c3)OCO4)cs2)cc1. The lowest BCUT2D eigenvalue weighted by Gasteiger charge is -2.10. The predicted molar refractivity (Wildman–Crippen MR) is 151 cm³/mol. The van der Waals surface area contributed by atoms with Gasteiger partial charge in [0.25, 0.3) is 5.91 Å². The lowest BCUT2D eigenvalue weighted by molar-refractivity contribution is 0.0946. The molecule has 0 unspecified atom stereocenters. The summed E-state index contributed by atoms with van der Waals surface area (Å²) < 4.78 is 12.9. The fourth-order valence-corrected chi connectivity index (χ4v) is 5.93. The summed E-state index contributed by atoms with van der Waals surface area (Å²) in [5, 5.41) is 15.4. The van der Waals surface area contributed by atoms with Gasteiger partial charge in [0.1, 0.15) is 16.5 Å². The van der Waals surface area contributed by atoms with Crippen molar-refractivity contribution in [2.45, 2.75) is 30.8 Å². The van der Waals surface area contributed by atoms with Gasteiger partial charge in [-0.25, -0.2) is 4.98 Å². The van der Waals surface area contributed by atoms with Gasteiger partial charge in [-0.2, -0.15) is 0 Å². The first-order valence-corrected chi connectivity index (χ1v) is 14.3. The minimum absolute atomic E-state index is 0.215. The molecule has 10 heteroatoms. The maximum atomic E-state index is 12.7. The molecule has 5 aromatic rings. The Morgan fingerprint density at radius 2 is 1.82 bits per heavy atom. The van der Waals surface area contributed by atoms with Crippen molar-refractivity contribution in [2.75, 3.05) is 6.79 Å². The second kappa shape index (κ2) is 11.3. The number of nitrogens with one attached hydrogen (secondary N) is 1. The van der Waals surface area contributed by atoms with Crippen LogP contribution in [0.1, 0.15) is 38.0 Å². The average Bonchev–Trinajstić information content (AvgIpc) is 3.71. The third kappa shape index (κ3) is 5.81. The number of aromatic nitrogens is 4. The summed E-state index contributed by atoms with van der Waals surface area (Å²) in [6, 6.07) is 24.2. The molecular weight excluding hydrogens is 530 g/mol. The number of fused-ring (bicyclic) bond motifs is 1. The molecule has 0 aliphatic carbocycles. The zero-order valence-electron chi connectivity index (χ0n) is 21.2. The van der Waals surface area contributed by atoms with Gasteiger partial charge >= 0.3 is 0 Å². The average molecular weight is 556 g/mol. The maximum Gasteiger partial charge on any atom is 0.271 e. The van der Waals surface area contributed by atoms with Crippen LogP contribution in [-0.2, 0) is 18.7 Å². The van der Waals surface area contributed by atoms with Gasteiger partial charge in [0.15, 0.2) is 16.7 Å². The molecule has 0 fully saturated rings. The van der Waals surface area contributed by atoms with Crippen LogP contribution in [0.4, 0.5) is 0 Å². The monoisotopic (exact) mass is 555 g/mol. The fraction of sp³-hybridized carbons (Fsp3) is 0.172. The molecule has 1 amide bonds. The highest BCUT2D eigenvalue weighted by molar-refractivity contribution is 7.98. The lowest BCUT2D eigenvalue weighted by atomic mass is 10.1. The third-order valence-corrected chi connectivity index (χ3v) is 8.17. The highest BCUT2D eigenvalue weighted by atomic mass is 32.2. The number of benzene rings is 3. The first-order valence-electron chi connectivity index (χ1n) is 12.4. The van der Waals surface area contributed by atoms with Crippen molar-refractivity contribution in [1.82, 2.24) is 25.1 Å². The minimum atomic E-state index is -0.215. The molecule has 1 N–H and O–H groups in total. The molecule has 0 atom stereocenters. The quantitative estimate of drug-likeness (QED) is 0.238. The van der Waals surface area contributed by atoms with E-state index in [1.165, 1.54) is 22.5 Å². The number of amides is 1. The molecule has 3 aromatic carbocycles. The highest BCUT2D eigenvalue weighted by Gasteiger charge is 2.18. The minimum Gasteiger partial charge on any atom is -0.454 e. The van der Waals surface area contributed by atoms with Gasteiger partial charge in [0.2, 0.25) is 6.79 Å². The van der Waals surface area contributed by atoms with Crippen LogP contribution in [0.25, 0.3) is 5.69 Å². The van der Waals surface area contributed by atoms with Crippen molar-refractivity contribution in [3.05, 3.63) is 111 Å². The third-order valence-electron chi connectivity index (χ3n) is 6.20. The Morgan fingerprint density at radius 3 is 2.67 bits per heavy atom. The van der Waals surface area contributed by atoms with E-state index >= 15 is 0 Å². The van der Waals surface area contributed by atoms with E-state index in [9.17, 15) is 4.79 Å². The normalized spacial score (nSPS) is 12.0. The molecule has 1 aliphatic heterocycles. The Kier molecular flexibility index (Phi) is 7.29. The summed E-state index contributed by atoms with van der Waals surface area (Å²) in [7, 11) is 0. The van der Waals surface area contributed by atoms with Crippen LogP contribution >= 0.6 is 23.1 Å². The summed E-state index contributed by atoms with van der Waals surface area (Å²) in [6.07, 6.45) is 0.674. The first kappa shape index (κ1) is 25.1. The van der Waals surface area contributed by atoms with Gasteiger partial charge in [-0.05, 0) is 42.3 Å². The van der Waals surface area contributed by atoms with E-state index in [1.54, 1.807) is 17.1 Å². The molecule has 6 rings (SSSR count). The second-order valence-electron chi connectivity index (χ2n) is 9.02. The van der Waals surface area contributed by atoms with Crippen LogP contribution in [0.2, 0.25) is 0 Å².